The maximum absolute atomic E-state index is 15.5. The Kier molecular flexibility index (Phi) is 7.60. The Bertz CT molecular complexity index is 1340. The van der Waals surface area contributed by atoms with E-state index in [2.05, 4.69) is 25.6 Å². The van der Waals surface area contributed by atoms with Crippen molar-refractivity contribution in [2.45, 2.75) is 64.5 Å². The van der Waals surface area contributed by atoms with Crippen LogP contribution >= 0.6 is 0 Å². The molecule has 9 nitrogen and oxygen atoms in total. The predicted octanol–water partition coefficient (Wildman–Crippen LogP) is 3.97. The summed E-state index contributed by atoms with van der Waals surface area (Å²) >= 11 is 0. The number of aromatic nitrogens is 3. The molecule has 2 saturated carbocycles. The summed E-state index contributed by atoms with van der Waals surface area (Å²) in [5.74, 6) is 0.187. The van der Waals surface area contributed by atoms with E-state index >= 15 is 4.39 Å². The second kappa shape index (κ2) is 11.1. The van der Waals surface area contributed by atoms with Crippen LogP contribution in [0.1, 0.15) is 60.1 Å². The van der Waals surface area contributed by atoms with Gasteiger partial charge in [0.15, 0.2) is 0 Å². The number of ether oxygens (including phenoxy) is 2. The highest BCUT2D eigenvalue weighted by molar-refractivity contribution is 6.09. The van der Waals surface area contributed by atoms with Crippen LogP contribution in [0.4, 0.5) is 4.39 Å². The van der Waals surface area contributed by atoms with E-state index in [1.165, 1.54) is 13.4 Å². The molecule has 2 fully saturated rings. The van der Waals surface area contributed by atoms with E-state index in [-0.39, 0.29) is 36.1 Å². The summed E-state index contributed by atoms with van der Waals surface area (Å²) in [4.78, 5) is 37.3. The third-order valence-corrected chi connectivity index (χ3v) is 7.41. The lowest BCUT2D eigenvalue weighted by Gasteiger charge is -2.29. The van der Waals surface area contributed by atoms with Gasteiger partial charge in [0.25, 0.3) is 5.91 Å². The number of amides is 2. The van der Waals surface area contributed by atoms with Crippen LogP contribution < -0.4 is 15.4 Å². The molecule has 0 aliphatic heterocycles. The molecule has 0 atom stereocenters. The smallest absolute Gasteiger partial charge is 0.255 e. The molecule has 0 unspecified atom stereocenters. The quantitative estimate of drug-likeness (QED) is 0.391. The third kappa shape index (κ3) is 5.50. The minimum absolute atomic E-state index is 0.0135. The van der Waals surface area contributed by atoms with Crippen molar-refractivity contribution in [3.8, 4) is 17.0 Å². The minimum Gasteiger partial charge on any atom is -0.492 e. The number of nitrogens with zero attached hydrogens (tertiary/aromatic N) is 2. The lowest BCUT2D eigenvalue weighted by atomic mass is 9.91. The van der Waals surface area contributed by atoms with Gasteiger partial charge in [-0.1, -0.05) is 6.07 Å². The number of halogens is 1. The fraction of sp³-hybridized carbons (Fsp3) is 0.500. The highest BCUT2D eigenvalue weighted by Crippen LogP contribution is 2.39. The van der Waals surface area contributed by atoms with E-state index in [0.717, 1.165) is 38.5 Å². The molecule has 0 bridgehead atoms. The lowest BCUT2D eigenvalue weighted by Crippen LogP contribution is -2.44. The molecule has 2 heterocycles. The average Bonchev–Trinajstić information content (AvgIpc) is 3.65. The summed E-state index contributed by atoms with van der Waals surface area (Å²) in [6.07, 6.45) is 6.66. The maximum Gasteiger partial charge on any atom is 0.255 e. The van der Waals surface area contributed by atoms with Crippen LogP contribution in [0.2, 0.25) is 0 Å². The number of carbonyl (C=O) groups excluding carboxylic acids is 2. The SMILES string of the molecule is COCC(=O)N[C@H]1CC[C@@H](NC(=O)c2c(C)[nH]c3c(-c4c(OCC5CC5)ccc(C)c4F)ncnc23)CC1. The van der Waals surface area contributed by atoms with Crippen molar-refractivity contribution in [3.05, 3.63) is 41.1 Å². The van der Waals surface area contributed by atoms with E-state index in [9.17, 15) is 9.59 Å². The number of carbonyl (C=O) groups is 2. The van der Waals surface area contributed by atoms with Crippen molar-refractivity contribution in [3.63, 3.8) is 0 Å². The molecule has 2 aromatic heterocycles. The van der Waals surface area contributed by atoms with Gasteiger partial charge in [-0.2, -0.15) is 0 Å². The predicted molar refractivity (Wildman–Crippen MR) is 141 cm³/mol. The van der Waals surface area contributed by atoms with Gasteiger partial charge in [0.05, 0.1) is 23.3 Å². The molecule has 10 heteroatoms. The summed E-state index contributed by atoms with van der Waals surface area (Å²) < 4.78 is 26.4. The molecule has 0 spiro atoms. The zero-order valence-corrected chi connectivity index (χ0v) is 22.0. The Hall–Kier alpha value is -3.53. The number of nitrogens with one attached hydrogen (secondary N) is 3. The Morgan fingerprint density at radius 1 is 1.05 bits per heavy atom. The zero-order valence-electron chi connectivity index (χ0n) is 22.0. The van der Waals surface area contributed by atoms with Crippen LogP contribution in [0.15, 0.2) is 18.5 Å². The lowest BCUT2D eigenvalue weighted by molar-refractivity contribution is -0.125. The fourth-order valence-electron chi connectivity index (χ4n) is 5.12. The number of hydrogen-bond acceptors (Lipinski definition) is 6. The van der Waals surface area contributed by atoms with Gasteiger partial charge >= 0.3 is 0 Å². The number of H-pyrrole nitrogens is 1. The van der Waals surface area contributed by atoms with Gasteiger partial charge in [0.2, 0.25) is 5.91 Å². The molecular weight excluding hydrogens is 489 g/mol. The molecule has 0 saturated heterocycles. The van der Waals surface area contributed by atoms with Gasteiger partial charge < -0.3 is 25.1 Å². The average molecular weight is 524 g/mol. The minimum atomic E-state index is -0.397. The molecule has 1 aromatic carbocycles. The number of benzene rings is 1. The van der Waals surface area contributed by atoms with Gasteiger partial charge in [-0.15, -0.1) is 0 Å². The van der Waals surface area contributed by atoms with Gasteiger partial charge in [-0.3, -0.25) is 9.59 Å². The van der Waals surface area contributed by atoms with E-state index in [1.807, 2.05) is 0 Å². The maximum atomic E-state index is 15.5. The highest BCUT2D eigenvalue weighted by atomic mass is 19.1. The number of hydrogen-bond donors (Lipinski definition) is 3. The highest BCUT2D eigenvalue weighted by Gasteiger charge is 2.28. The van der Waals surface area contributed by atoms with Crippen LogP contribution in [0.5, 0.6) is 5.75 Å². The van der Waals surface area contributed by atoms with E-state index in [1.54, 1.807) is 26.0 Å². The first-order chi connectivity index (χ1) is 18.4. The zero-order chi connectivity index (χ0) is 26.8. The van der Waals surface area contributed by atoms with Crippen molar-refractivity contribution < 1.29 is 23.5 Å². The molecule has 2 aliphatic carbocycles. The molecule has 2 aliphatic rings. The largest absolute Gasteiger partial charge is 0.492 e. The number of rotatable bonds is 9. The monoisotopic (exact) mass is 523 g/mol. The molecule has 3 aromatic rings. The first-order valence-corrected chi connectivity index (χ1v) is 13.2. The summed E-state index contributed by atoms with van der Waals surface area (Å²) in [5.41, 5.74) is 3.14. The van der Waals surface area contributed by atoms with E-state index < -0.39 is 5.82 Å². The summed E-state index contributed by atoms with van der Waals surface area (Å²) in [7, 11) is 1.49. The Morgan fingerprint density at radius 3 is 2.45 bits per heavy atom. The first-order valence-electron chi connectivity index (χ1n) is 13.2. The van der Waals surface area contributed by atoms with Crippen molar-refractivity contribution >= 4 is 22.8 Å². The van der Waals surface area contributed by atoms with Crippen LogP contribution in [0, 0.1) is 25.6 Å². The molecular formula is C28H34FN5O4. The van der Waals surface area contributed by atoms with Gasteiger partial charge in [0, 0.05) is 24.9 Å². The van der Waals surface area contributed by atoms with Crippen molar-refractivity contribution in [2.24, 2.45) is 5.92 Å². The van der Waals surface area contributed by atoms with Crippen LogP contribution in [0.25, 0.3) is 22.3 Å². The number of aryl methyl sites for hydroxylation is 2. The standard InChI is InChI=1S/C28H34FN5O4/c1-15-4-11-20(38-12-17-5-6-17)23(24(15)29)26-27-25(30-14-31-26)22(16(2)32-27)28(36)34-19-9-7-18(8-10-19)33-21(35)13-37-3/h4,11,14,17-19,32H,5-10,12-13H2,1-3H3,(H,33,35)(H,34,36)/t18-,19+. The second-order valence-electron chi connectivity index (χ2n) is 10.4. The summed E-state index contributed by atoms with van der Waals surface area (Å²) in [5, 5.41) is 6.10. The van der Waals surface area contributed by atoms with Gasteiger partial charge in [0.1, 0.15) is 35.7 Å². The third-order valence-electron chi connectivity index (χ3n) is 7.41. The molecule has 2 amide bonds. The van der Waals surface area contributed by atoms with E-state index in [0.29, 0.717) is 51.8 Å². The van der Waals surface area contributed by atoms with Crippen LogP contribution in [-0.4, -0.2) is 59.2 Å². The number of aromatic amines is 1. The molecule has 3 N–H and O–H groups in total. The molecule has 202 valence electrons. The van der Waals surface area contributed by atoms with Gasteiger partial charge in [-0.05, 0) is 69.9 Å². The second-order valence-corrected chi connectivity index (χ2v) is 10.4. The normalized spacial score (nSPS) is 19.4. The topological polar surface area (TPSA) is 118 Å². The van der Waals surface area contributed by atoms with Gasteiger partial charge in [-0.25, -0.2) is 14.4 Å². The van der Waals surface area contributed by atoms with Crippen molar-refractivity contribution in [1.29, 1.82) is 0 Å². The molecule has 5 rings (SSSR count). The number of methoxy groups -OCH3 is 1. The van der Waals surface area contributed by atoms with Crippen molar-refractivity contribution in [1.82, 2.24) is 25.6 Å². The first kappa shape index (κ1) is 26.1. The molecule has 0 radical (unpaired) electrons. The molecule has 38 heavy (non-hydrogen) atoms. The number of fused-ring (bicyclic) bond motifs is 1. The fourth-order valence-corrected chi connectivity index (χ4v) is 5.12. The van der Waals surface area contributed by atoms with Crippen molar-refractivity contribution in [2.75, 3.05) is 20.3 Å². The van der Waals surface area contributed by atoms with E-state index in [4.69, 9.17) is 9.47 Å². The summed E-state index contributed by atoms with van der Waals surface area (Å²) in [6, 6.07) is 3.55. The van der Waals surface area contributed by atoms with Crippen LogP contribution in [-0.2, 0) is 9.53 Å². The Labute approximate surface area is 220 Å². The Morgan fingerprint density at radius 2 is 1.76 bits per heavy atom. The van der Waals surface area contributed by atoms with Crippen LogP contribution in [0.3, 0.4) is 0 Å². The Balaban J connectivity index is 1.37. The summed E-state index contributed by atoms with van der Waals surface area (Å²) in [6.45, 7) is 4.10.